The largest absolute Gasteiger partial charge is 0.416 e. The zero-order valence-electron chi connectivity index (χ0n) is 10.6. The number of nitrogens with zero attached hydrogens (tertiary/aromatic N) is 1. The molecule has 6 heteroatoms. The maximum absolute atomic E-state index is 12.7. The van der Waals surface area contributed by atoms with Gasteiger partial charge in [0.25, 0.3) is 0 Å². The lowest BCUT2D eigenvalue weighted by atomic mass is 10.0. The number of halogens is 4. The van der Waals surface area contributed by atoms with Crippen LogP contribution in [0.15, 0.2) is 22.7 Å². The second-order valence-electron chi connectivity index (χ2n) is 4.95. The van der Waals surface area contributed by atoms with E-state index in [2.05, 4.69) is 33.2 Å². The normalized spacial score (nSPS) is 18.6. The molecule has 0 spiro atoms. The molecule has 0 aromatic heterocycles. The third kappa shape index (κ3) is 4.11. The lowest BCUT2D eigenvalue weighted by Crippen LogP contribution is -2.36. The van der Waals surface area contributed by atoms with Gasteiger partial charge in [0.2, 0.25) is 0 Å². The van der Waals surface area contributed by atoms with E-state index in [1.807, 2.05) is 0 Å². The first kappa shape index (κ1) is 14.7. The molecule has 1 N–H and O–H groups in total. The minimum Gasteiger partial charge on any atom is -0.382 e. The van der Waals surface area contributed by atoms with Crippen molar-refractivity contribution in [1.82, 2.24) is 4.90 Å². The Bertz CT molecular complexity index is 440. The number of benzene rings is 1. The van der Waals surface area contributed by atoms with Gasteiger partial charge in [0.05, 0.1) is 5.56 Å². The lowest BCUT2D eigenvalue weighted by molar-refractivity contribution is -0.137. The summed E-state index contributed by atoms with van der Waals surface area (Å²) in [6.07, 6.45) is -2.41. The Kier molecular flexibility index (Phi) is 4.40. The highest BCUT2D eigenvalue weighted by Gasteiger charge is 2.31. The van der Waals surface area contributed by atoms with E-state index in [0.717, 1.165) is 32.0 Å². The van der Waals surface area contributed by atoms with Crippen LogP contribution in [0.4, 0.5) is 18.9 Å². The summed E-state index contributed by atoms with van der Waals surface area (Å²) in [5.41, 5.74) is -0.103. The second-order valence-corrected chi connectivity index (χ2v) is 5.86. The van der Waals surface area contributed by atoms with Crippen molar-refractivity contribution in [2.75, 3.05) is 25.5 Å². The minimum absolute atomic E-state index is 0.242. The lowest BCUT2D eigenvalue weighted by Gasteiger charge is -2.30. The van der Waals surface area contributed by atoms with Crippen LogP contribution in [0, 0.1) is 0 Å². The van der Waals surface area contributed by atoms with E-state index in [1.54, 1.807) is 6.07 Å². The van der Waals surface area contributed by atoms with Gasteiger partial charge in [-0.05, 0) is 51.2 Å². The number of hydrogen-bond acceptors (Lipinski definition) is 2. The Balaban J connectivity index is 2.10. The monoisotopic (exact) mass is 336 g/mol. The van der Waals surface area contributed by atoms with Crippen LogP contribution in [-0.2, 0) is 6.18 Å². The van der Waals surface area contributed by atoms with Crippen molar-refractivity contribution in [1.29, 1.82) is 0 Å². The molecule has 0 aliphatic carbocycles. The molecular formula is C13H16BrF3N2. The van der Waals surface area contributed by atoms with Crippen LogP contribution in [0.2, 0.25) is 0 Å². The first-order valence-electron chi connectivity index (χ1n) is 6.17. The zero-order chi connectivity index (χ0) is 14.0. The van der Waals surface area contributed by atoms with Crippen molar-refractivity contribution in [3.8, 4) is 0 Å². The van der Waals surface area contributed by atoms with Crippen molar-refractivity contribution < 1.29 is 13.2 Å². The number of alkyl halides is 3. The predicted octanol–water partition coefficient (Wildman–Crippen LogP) is 3.97. The summed E-state index contributed by atoms with van der Waals surface area (Å²) in [4.78, 5) is 2.22. The van der Waals surface area contributed by atoms with Crippen LogP contribution in [-0.4, -0.2) is 31.1 Å². The van der Waals surface area contributed by atoms with Crippen LogP contribution in [0.5, 0.6) is 0 Å². The maximum Gasteiger partial charge on any atom is 0.416 e. The Morgan fingerprint density at radius 3 is 2.42 bits per heavy atom. The number of rotatable bonds is 2. The van der Waals surface area contributed by atoms with Gasteiger partial charge in [-0.2, -0.15) is 13.2 Å². The third-order valence-corrected chi connectivity index (χ3v) is 3.77. The Labute approximate surface area is 119 Å². The van der Waals surface area contributed by atoms with E-state index in [-0.39, 0.29) is 6.04 Å². The van der Waals surface area contributed by atoms with Gasteiger partial charge in [-0.25, -0.2) is 0 Å². The fourth-order valence-corrected chi connectivity index (χ4v) is 2.72. The van der Waals surface area contributed by atoms with Crippen molar-refractivity contribution in [3.63, 3.8) is 0 Å². The van der Waals surface area contributed by atoms with Gasteiger partial charge in [-0.15, -0.1) is 0 Å². The van der Waals surface area contributed by atoms with Gasteiger partial charge in [-0.1, -0.05) is 15.9 Å². The summed E-state index contributed by atoms with van der Waals surface area (Å²) >= 11 is 3.13. The average Bonchev–Trinajstić information content (AvgIpc) is 2.30. The molecule has 19 heavy (non-hydrogen) atoms. The molecule has 1 heterocycles. The van der Waals surface area contributed by atoms with E-state index in [1.165, 1.54) is 6.07 Å². The van der Waals surface area contributed by atoms with E-state index >= 15 is 0 Å². The predicted molar refractivity (Wildman–Crippen MR) is 73.3 cm³/mol. The summed E-state index contributed by atoms with van der Waals surface area (Å²) in [6.45, 7) is 1.94. The first-order valence-corrected chi connectivity index (χ1v) is 6.97. The smallest absolute Gasteiger partial charge is 0.382 e. The Morgan fingerprint density at radius 2 is 1.84 bits per heavy atom. The summed E-state index contributed by atoms with van der Waals surface area (Å²) in [5.74, 6) is 0. The number of hydrogen-bond donors (Lipinski definition) is 1. The van der Waals surface area contributed by atoms with Crippen LogP contribution in [0.3, 0.4) is 0 Å². The van der Waals surface area contributed by atoms with E-state index in [4.69, 9.17) is 0 Å². The van der Waals surface area contributed by atoms with E-state index in [0.29, 0.717) is 10.2 Å². The summed E-state index contributed by atoms with van der Waals surface area (Å²) < 4.78 is 38.6. The van der Waals surface area contributed by atoms with Crippen molar-refractivity contribution in [2.45, 2.75) is 25.1 Å². The van der Waals surface area contributed by atoms with Gasteiger partial charge < -0.3 is 10.2 Å². The highest BCUT2D eigenvalue weighted by molar-refractivity contribution is 9.10. The molecule has 0 amide bonds. The summed E-state index contributed by atoms with van der Waals surface area (Å²) in [7, 11) is 2.05. The number of nitrogens with one attached hydrogen (secondary N) is 1. The van der Waals surface area contributed by atoms with E-state index < -0.39 is 11.7 Å². The summed E-state index contributed by atoms with van der Waals surface area (Å²) in [5, 5.41) is 3.20. The topological polar surface area (TPSA) is 15.3 Å². The zero-order valence-corrected chi connectivity index (χ0v) is 12.2. The highest BCUT2D eigenvalue weighted by Crippen LogP contribution is 2.33. The molecule has 1 aromatic rings. The van der Waals surface area contributed by atoms with Gasteiger partial charge >= 0.3 is 6.18 Å². The van der Waals surface area contributed by atoms with Crippen molar-refractivity contribution >= 4 is 21.6 Å². The molecule has 0 unspecified atom stereocenters. The maximum atomic E-state index is 12.7. The molecule has 1 aromatic carbocycles. The van der Waals surface area contributed by atoms with Gasteiger partial charge in [0, 0.05) is 16.2 Å². The Hall–Kier alpha value is -0.750. The van der Waals surface area contributed by atoms with E-state index in [9.17, 15) is 13.2 Å². The summed E-state index contributed by atoms with van der Waals surface area (Å²) in [6, 6.07) is 4.20. The first-order chi connectivity index (χ1) is 8.84. The van der Waals surface area contributed by atoms with Crippen LogP contribution in [0.25, 0.3) is 0 Å². The van der Waals surface area contributed by atoms with Gasteiger partial charge in [0.1, 0.15) is 0 Å². The molecule has 1 fully saturated rings. The molecule has 1 saturated heterocycles. The standard InChI is InChI=1S/C13H16BrF3N2/c1-19-4-2-11(3-5-19)18-12-7-9(13(15,16)17)6-10(14)8-12/h6-8,11,18H,2-5H2,1H3. The number of anilines is 1. The fourth-order valence-electron chi connectivity index (χ4n) is 2.23. The molecule has 2 nitrogen and oxygen atoms in total. The van der Waals surface area contributed by atoms with Gasteiger partial charge in [-0.3, -0.25) is 0 Å². The molecule has 1 aliphatic heterocycles. The van der Waals surface area contributed by atoms with Crippen LogP contribution < -0.4 is 5.32 Å². The molecule has 2 rings (SSSR count). The fraction of sp³-hybridized carbons (Fsp3) is 0.538. The molecular weight excluding hydrogens is 321 g/mol. The molecule has 106 valence electrons. The van der Waals surface area contributed by atoms with Crippen molar-refractivity contribution in [2.24, 2.45) is 0 Å². The van der Waals surface area contributed by atoms with Crippen LogP contribution >= 0.6 is 15.9 Å². The molecule has 1 aliphatic rings. The molecule has 0 atom stereocenters. The van der Waals surface area contributed by atoms with Crippen LogP contribution in [0.1, 0.15) is 18.4 Å². The molecule has 0 bridgehead atoms. The Morgan fingerprint density at radius 1 is 1.21 bits per heavy atom. The number of piperidine rings is 1. The molecule has 0 saturated carbocycles. The van der Waals surface area contributed by atoms with Gasteiger partial charge in [0.15, 0.2) is 0 Å². The van der Waals surface area contributed by atoms with Crippen molar-refractivity contribution in [3.05, 3.63) is 28.2 Å². The highest BCUT2D eigenvalue weighted by atomic mass is 79.9. The minimum atomic E-state index is -4.31. The number of likely N-dealkylation sites (tertiary alicyclic amines) is 1. The SMILES string of the molecule is CN1CCC(Nc2cc(Br)cc(C(F)(F)F)c2)CC1. The quantitative estimate of drug-likeness (QED) is 0.878. The second kappa shape index (κ2) is 5.71. The average molecular weight is 337 g/mol. The molecule has 0 radical (unpaired) electrons. The third-order valence-electron chi connectivity index (χ3n) is 3.31.